The number of carboxylic acids is 1. The molecule has 100 valence electrons. The SMILES string of the molecule is CCC(C)CS(=O)(=O)N1CCC(C)(C(=O)O)C1. The predicted octanol–water partition coefficient (Wildman–Crippen LogP) is 1.16. The molecule has 0 radical (unpaired) electrons. The summed E-state index contributed by atoms with van der Waals surface area (Å²) in [5.41, 5.74) is -0.928. The Labute approximate surface area is 103 Å². The molecule has 5 nitrogen and oxygen atoms in total. The van der Waals surface area contributed by atoms with Gasteiger partial charge in [-0.25, -0.2) is 12.7 Å². The third kappa shape index (κ3) is 3.19. The molecule has 0 aliphatic carbocycles. The molecule has 2 atom stereocenters. The molecular weight excluding hydrogens is 242 g/mol. The molecule has 1 aliphatic rings. The normalized spacial score (nSPS) is 28.2. The van der Waals surface area contributed by atoms with Gasteiger partial charge in [-0.15, -0.1) is 0 Å². The molecule has 17 heavy (non-hydrogen) atoms. The minimum Gasteiger partial charge on any atom is -0.481 e. The van der Waals surface area contributed by atoms with Gasteiger partial charge in [0.1, 0.15) is 0 Å². The number of carboxylic acid groups (broad SMARTS) is 1. The van der Waals surface area contributed by atoms with E-state index in [2.05, 4.69) is 0 Å². The molecule has 0 amide bonds. The summed E-state index contributed by atoms with van der Waals surface area (Å²) in [5.74, 6) is -0.699. The Morgan fingerprint density at radius 1 is 1.53 bits per heavy atom. The van der Waals surface area contributed by atoms with Gasteiger partial charge in [-0.3, -0.25) is 4.79 Å². The van der Waals surface area contributed by atoms with Crippen LogP contribution in [0, 0.1) is 11.3 Å². The fraction of sp³-hybridized carbons (Fsp3) is 0.909. The zero-order valence-electron chi connectivity index (χ0n) is 10.6. The quantitative estimate of drug-likeness (QED) is 0.807. The second-order valence-corrected chi connectivity index (χ2v) is 7.25. The maximum atomic E-state index is 12.0. The molecule has 1 N–H and O–H groups in total. The average Bonchev–Trinajstić information content (AvgIpc) is 2.62. The van der Waals surface area contributed by atoms with Crippen molar-refractivity contribution < 1.29 is 18.3 Å². The van der Waals surface area contributed by atoms with E-state index >= 15 is 0 Å². The van der Waals surface area contributed by atoms with Crippen molar-refractivity contribution >= 4 is 16.0 Å². The van der Waals surface area contributed by atoms with Crippen LogP contribution in [-0.4, -0.2) is 42.6 Å². The van der Waals surface area contributed by atoms with E-state index in [1.54, 1.807) is 6.92 Å². The smallest absolute Gasteiger partial charge is 0.310 e. The minimum atomic E-state index is -3.31. The number of aliphatic carboxylic acids is 1. The number of rotatable bonds is 5. The van der Waals surface area contributed by atoms with Crippen molar-refractivity contribution in [2.24, 2.45) is 11.3 Å². The fourth-order valence-corrected chi connectivity index (χ4v) is 3.93. The summed E-state index contributed by atoms with van der Waals surface area (Å²) in [4.78, 5) is 11.1. The lowest BCUT2D eigenvalue weighted by Gasteiger charge is -2.21. The van der Waals surface area contributed by atoms with Crippen molar-refractivity contribution in [1.29, 1.82) is 0 Å². The lowest BCUT2D eigenvalue weighted by atomic mass is 9.90. The van der Waals surface area contributed by atoms with Gasteiger partial charge < -0.3 is 5.11 Å². The Kier molecular flexibility index (Phi) is 4.19. The summed E-state index contributed by atoms with van der Waals surface area (Å²) >= 11 is 0. The van der Waals surface area contributed by atoms with E-state index in [9.17, 15) is 13.2 Å². The van der Waals surface area contributed by atoms with Crippen molar-refractivity contribution in [2.75, 3.05) is 18.8 Å². The Morgan fingerprint density at radius 3 is 2.53 bits per heavy atom. The topological polar surface area (TPSA) is 74.7 Å². The number of hydrogen-bond donors (Lipinski definition) is 1. The molecule has 1 aliphatic heterocycles. The first-order chi connectivity index (χ1) is 7.71. The largest absolute Gasteiger partial charge is 0.481 e. The van der Waals surface area contributed by atoms with Crippen LogP contribution in [0.25, 0.3) is 0 Å². The van der Waals surface area contributed by atoms with Gasteiger partial charge in [-0.05, 0) is 19.3 Å². The van der Waals surface area contributed by atoms with Crippen LogP contribution in [0.3, 0.4) is 0 Å². The summed E-state index contributed by atoms with van der Waals surface area (Å²) in [6, 6.07) is 0. The van der Waals surface area contributed by atoms with Crippen molar-refractivity contribution in [3.8, 4) is 0 Å². The van der Waals surface area contributed by atoms with Crippen LogP contribution in [0.1, 0.15) is 33.6 Å². The van der Waals surface area contributed by atoms with E-state index in [0.29, 0.717) is 13.0 Å². The first-order valence-corrected chi connectivity index (χ1v) is 7.53. The van der Waals surface area contributed by atoms with E-state index in [1.807, 2.05) is 13.8 Å². The molecule has 0 bridgehead atoms. The predicted molar refractivity (Wildman–Crippen MR) is 65.2 cm³/mol. The molecule has 1 fully saturated rings. The maximum absolute atomic E-state index is 12.0. The first kappa shape index (κ1) is 14.4. The monoisotopic (exact) mass is 263 g/mol. The van der Waals surface area contributed by atoms with Gasteiger partial charge in [-0.1, -0.05) is 20.3 Å². The first-order valence-electron chi connectivity index (χ1n) is 5.92. The maximum Gasteiger partial charge on any atom is 0.310 e. The van der Waals surface area contributed by atoms with Gasteiger partial charge in [-0.2, -0.15) is 0 Å². The number of hydrogen-bond acceptors (Lipinski definition) is 3. The van der Waals surface area contributed by atoms with E-state index in [0.717, 1.165) is 6.42 Å². The Morgan fingerprint density at radius 2 is 2.12 bits per heavy atom. The summed E-state index contributed by atoms with van der Waals surface area (Å²) in [5, 5.41) is 9.06. The molecule has 0 saturated carbocycles. The second-order valence-electron chi connectivity index (χ2n) is 5.24. The molecule has 0 aromatic heterocycles. The number of nitrogens with zero attached hydrogens (tertiary/aromatic N) is 1. The standard InChI is InChI=1S/C11H21NO4S/c1-4-9(2)7-17(15,16)12-6-5-11(3,8-12)10(13)14/h9H,4-8H2,1-3H3,(H,13,14). The minimum absolute atomic E-state index is 0.0983. The van der Waals surface area contributed by atoms with Crippen LogP contribution >= 0.6 is 0 Å². The highest BCUT2D eigenvalue weighted by atomic mass is 32.2. The highest BCUT2D eigenvalue weighted by molar-refractivity contribution is 7.89. The molecule has 1 heterocycles. The third-order valence-corrected chi connectivity index (χ3v) is 5.63. The Hall–Kier alpha value is -0.620. The Balaban J connectivity index is 2.74. The van der Waals surface area contributed by atoms with Gasteiger partial charge in [0, 0.05) is 13.1 Å². The highest BCUT2D eigenvalue weighted by Gasteiger charge is 2.44. The van der Waals surface area contributed by atoms with Gasteiger partial charge in [0.05, 0.1) is 11.2 Å². The molecule has 6 heteroatoms. The van der Waals surface area contributed by atoms with Crippen LogP contribution < -0.4 is 0 Å². The van der Waals surface area contributed by atoms with Gasteiger partial charge in [0.25, 0.3) is 0 Å². The van der Waals surface area contributed by atoms with Crippen molar-refractivity contribution in [1.82, 2.24) is 4.31 Å². The van der Waals surface area contributed by atoms with E-state index < -0.39 is 21.4 Å². The molecule has 0 aromatic carbocycles. The zero-order chi connectivity index (χ0) is 13.3. The lowest BCUT2D eigenvalue weighted by molar-refractivity contribution is -0.146. The van der Waals surface area contributed by atoms with Crippen LogP contribution in [0.5, 0.6) is 0 Å². The average molecular weight is 263 g/mol. The Bertz CT molecular complexity index is 392. The van der Waals surface area contributed by atoms with Crippen molar-refractivity contribution in [3.63, 3.8) is 0 Å². The summed E-state index contributed by atoms with van der Waals surface area (Å²) in [6.07, 6.45) is 1.20. The number of carbonyl (C=O) groups is 1. The summed E-state index contributed by atoms with van der Waals surface area (Å²) < 4.78 is 25.4. The molecule has 2 unspecified atom stereocenters. The van der Waals surface area contributed by atoms with Crippen LogP contribution in [0.4, 0.5) is 0 Å². The molecule has 0 aromatic rings. The van der Waals surface area contributed by atoms with Crippen molar-refractivity contribution in [2.45, 2.75) is 33.6 Å². The van der Waals surface area contributed by atoms with Gasteiger partial charge >= 0.3 is 5.97 Å². The molecule has 1 rings (SSSR count). The van der Waals surface area contributed by atoms with Crippen molar-refractivity contribution in [3.05, 3.63) is 0 Å². The van der Waals surface area contributed by atoms with Crippen LogP contribution in [0.15, 0.2) is 0 Å². The highest BCUT2D eigenvalue weighted by Crippen LogP contribution is 2.32. The zero-order valence-corrected chi connectivity index (χ0v) is 11.5. The van der Waals surface area contributed by atoms with Gasteiger partial charge in [0.2, 0.25) is 10.0 Å². The summed E-state index contributed by atoms with van der Waals surface area (Å²) in [6.45, 7) is 5.87. The second kappa shape index (κ2) is 4.94. The lowest BCUT2D eigenvalue weighted by Crippen LogP contribution is -2.37. The number of sulfonamides is 1. The molecule has 0 spiro atoms. The molecular formula is C11H21NO4S. The summed E-state index contributed by atoms with van der Waals surface area (Å²) in [7, 11) is -3.31. The van der Waals surface area contributed by atoms with E-state index in [4.69, 9.17) is 5.11 Å². The van der Waals surface area contributed by atoms with Gasteiger partial charge in [0.15, 0.2) is 0 Å². The van der Waals surface area contributed by atoms with Crippen LogP contribution in [-0.2, 0) is 14.8 Å². The fourth-order valence-electron chi connectivity index (χ4n) is 1.91. The van der Waals surface area contributed by atoms with Crippen LogP contribution in [0.2, 0.25) is 0 Å². The van der Waals surface area contributed by atoms with E-state index in [-0.39, 0.29) is 18.2 Å². The molecule has 1 saturated heterocycles. The third-order valence-electron chi connectivity index (χ3n) is 3.54. The van der Waals surface area contributed by atoms with E-state index in [1.165, 1.54) is 4.31 Å².